The van der Waals surface area contributed by atoms with Crippen LogP contribution in [0.2, 0.25) is 0 Å². The van der Waals surface area contributed by atoms with Gasteiger partial charge in [0.1, 0.15) is 6.04 Å². The molecule has 4 heteroatoms. The zero-order chi connectivity index (χ0) is 23.5. The van der Waals surface area contributed by atoms with Crippen molar-refractivity contribution in [3.8, 4) is 0 Å². The number of hydrogen-bond donors (Lipinski definition) is 2. The van der Waals surface area contributed by atoms with Crippen LogP contribution in [-0.2, 0) is 9.53 Å². The molecule has 0 aromatic rings. The van der Waals surface area contributed by atoms with Gasteiger partial charge in [0.05, 0.1) is 6.61 Å². The average Bonchev–Trinajstić information content (AvgIpc) is 2.80. The Morgan fingerprint density at radius 1 is 0.594 bits per heavy atom. The fraction of sp³-hybridized carbons (Fsp3) is 0.964. The lowest BCUT2D eigenvalue weighted by Crippen LogP contribution is -2.32. The number of hydrogen-bond acceptors (Lipinski definition) is 4. The zero-order valence-electron chi connectivity index (χ0n) is 21.7. The van der Waals surface area contributed by atoms with Crippen LogP contribution in [0, 0.1) is 0 Å². The average molecular weight is 455 g/mol. The Hall–Kier alpha value is -0.610. The predicted molar refractivity (Wildman–Crippen MR) is 140 cm³/mol. The Kier molecular flexibility index (Phi) is 26.1. The Balaban J connectivity index is 3.15. The maximum atomic E-state index is 11.8. The van der Waals surface area contributed by atoms with Crippen molar-refractivity contribution in [3.63, 3.8) is 0 Å². The molecular formula is C28H58N2O2. The van der Waals surface area contributed by atoms with Gasteiger partial charge in [0.25, 0.3) is 0 Å². The molecule has 0 saturated carbocycles. The molecule has 0 radical (unpaired) electrons. The predicted octanol–water partition coefficient (Wildman–Crippen LogP) is 7.81. The molecule has 192 valence electrons. The smallest absolute Gasteiger partial charge is 0.322 e. The highest BCUT2D eigenvalue weighted by molar-refractivity contribution is 5.75. The summed E-state index contributed by atoms with van der Waals surface area (Å²) < 4.78 is 5.28. The van der Waals surface area contributed by atoms with Crippen LogP contribution >= 0.6 is 0 Å². The first-order valence-electron chi connectivity index (χ1n) is 14.3. The molecule has 0 rings (SSSR count). The van der Waals surface area contributed by atoms with E-state index in [4.69, 9.17) is 16.2 Å². The Bertz CT molecular complexity index is 376. The maximum absolute atomic E-state index is 11.8. The second-order valence-electron chi connectivity index (χ2n) is 9.78. The molecule has 0 unspecified atom stereocenters. The Morgan fingerprint density at radius 3 is 1.34 bits per heavy atom. The molecule has 1 atom stereocenters. The number of carbonyl (C=O) groups excluding carboxylic acids is 1. The van der Waals surface area contributed by atoms with Gasteiger partial charge in [0, 0.05) is 0 Å². The highest BCUT2D eigenvalue weighted by atomic mass is 16.5. The standard InChI is InChI=1S/C28H58N2O2/c1-2-3-4-5-6-7-8-9-10-11-12-13-14-15-16-17-18-19-20-23-26-32-28(31)27(30)24-21-22-25-29/h27H,2-26,29-30H2,1H3/t27-/m0/s1. The van der Waals surface area contributed by atoms with E-state index in [1.165, 1.54) is 116 Å². The van der Waals surface area contributed by atoms with Crippen molar-refractivity contribution in [2.45, 2.75) is 161 Å². The summed E-state index contributed by atoms with van der Waals surface area (Å²) >= 11 is 0. The van der Waals surface area contributed by atoms with Gasteiger partial charge in [0.2, 0.25) is 0 Å². The molecule has 4 nitrogen and oxygen atoms in total. The second-order valence-corrected chi connectivity index (χ2v) is 9.78. The minimum absolute atomic E-state index is 0.250. The molecule has 0 aliphatic carbocycles. The zero-order valence-corrected chi connectivity index (χ0v) is 21.7. The highest BCUT2D eigenvalue weighted by Crippen LogP contribution is 2.14. The third kappa shape index (κ3) is 24.0. The first-order valence-corrected chi connectivity index (χ1v) is 14.3. The molecule has 0 saturated heterocycles. The maximum Gasteiger partial charge on any atom is 0.322 e. The SMILES string of the molecule is CCCCCCCCCCCCCCCCCCCCCCOC(=O)[C@@H](N)CCCCN. The van der Waals surface area contributed by atoms with Crippen molar-refractivity contribution in [2.75, 3.05) is 13.2 Å². The number of rotatable bonds is 26. The largest absolute Gasteiger partial charge is 0.465 e. The minimum atomic E-state index is -0.480. The fourth-order valence-electron chi connectivity index (χ4n) is 4.26. The summed E-state index contributed by atoms with van der Waals surface area (Å²) in [6.45, 7) is 3.46. The number of ether oxygens (including phenoxy) is 1. The summed E-state index contributed by atoms with van der Waals surface area (Å²) in [6.07, 6.45) is 30.0. The van der Waals surface area contributed by atoms with E-state index in [9.17, 15) is 4.79 Å². The van der Waals surface area contributed by atoms with Gasteiger partial charge in [-0.1, -0.05) is 135 Å². The van der Waals surface area contributed by atoms with Crippen LogP contribution in [0.15, 0.2) is 0 Å². The molecule has 0 heterocycles. The summed E-state index contributed by atoms with van der Waals surface area (Å²) in [7, 11) is 0. The van der Waals surface area contributed by atoms with E-state index >= 15 is 0 Å². The molecule has 0 amide bonds. The van der Waals surface area contributed by atoms with Gasteiger partial charge >= 0.3 is 5.97 Å². The molecule has 0 bridgehead atoms. The third-order valence-electron chi connectivity index (χ3n) is 6.51. The van der Waals surface area contributed by atoms with Gasteiger partial charge in [-0.25, -0.2) is 0 Å². The summed E-state index contributed by atoms with van der Waals surface area (Å²) in [5.74, 6) is -0.250. The van der Waals surface area contributed by atoms with E-state index < -0.39 is 6.04 Å². The molecule has 0 fully saturated rings. The van der Waals surface area contributed by atoms with Crippen LogP contribution in [0.5, 0.6) is 0 Å². The van der Waals surface area contributed by atoms with Gasteiger partial charge in [-0.3, -0.25) is 4.79 Å². The molecule has 0 aromatic heterocycles. The van der Waals surface area contributed by atoms with Crippen molar-refractivity contribution < 1.29 is 9.53 Å². The van der Waals surface area contributed by atoms with Crippen molar-refractivity contribution >= 4 is 5.97 Å². The summed E-state index contributed by atoms with van der Waals surface area (Å²) in [6, 6.07) is -0.480. The van der Waals surface area contributed by atoms with Crippen LogP contribution in [0.4, 0.5) is 0 Å². The normalized spacial score (nSPS) is 12.2. The molecule has 32 heavy (non-hydrogen) atoms. The van der Waals surface area contributed by atoms with Gasteiger partial charge in [-0.05, 0) is 25.8 Å². The Morgan fingerprint density at radius 2 is 0.969 bits per heavy atom. The van der Waals surface area contributed by atoms with E-state index in [0.717, 1.165) is 25.7 Å². The number of unbranched alkanes of at least 4 members (excludes halogenated alkanes) is 20. The lowest BCUT2D eigenvalue weighted by atomic mass is 10.0. The van der Waals surface area contributed by atoms with Crippen molar-refractivity contribution in [2.24, 2.45) is 11.5 Å². The fourth-order valence-corrected chi connectivity index (χ4v) is 4.26. The van der Waals surface area contributed by atoms with E-state index in [0.29, 0.717) is 19.6 Å². The van der Waals surface area contributed by atoms with E-state index in [-0.39, 0.29) is 5.97 Å². The lowest BCUT2D eigenvalue weighted by Gasteiger charge is -2.11. The summed E-state index contributed by atoms with van der Waals surface area (Å²) in [4.78, 5) is 11.8. The van der Waals surface area contributed by atoms with Gasteiger partial charge in [0.15, 0.2) is 0 Å². The van der Waals surface area contributed by atoms with Crippen LogP contribution in [0.3, 0.4) is 0 Å². The molecule has 4 N–H and O–H groups in total. The Labute approximate surface area is 201 Å². The second kappa shape index (κ2) is 26.6. The van der Waals surface area contributed by atoms with Gasteiger partial charge < -0.3 is 16.2 Å². The quantitative estimate of drug-likeness (QED) is 0.103. The minimum Gasteiger partial charge on any atom is -0.465 e. The van der Waals surface area contributed by atoms with Gasteiger partial charge in [-0.15, -0.1) is 0 Å². The van der Waals surface area contributed by atoms with Crippen LogP contribution in [-0.4, -0.2) is 25.2 Å². The van der Waals surface area contributed by atoms with Crippen LogP contribution in [0.25, 0.3) is 0 Å². The van der Waals surface area contributed by atoms with Crippen LogP contribution in [0.1, 0.15) is 155 Å². The first kappa shape index (κ1) is 31.4. The summed E-state index contributed by atoms with van der Waals surface area (Å²) in [5, 5.41) is 0. The number of nitrogens with two attached hydrogens (primary N) is 2. The van der Waals surface area contributed by atoms with E-state index in [1.54, 1.807) is 0 Å². The number of esters is 1. The lowest BCUT2D eigenvalue weighted by molar-refractivity contribution is -0.145. The number of carbonyl (C=O) groups is 1. The first-order chi connectivity index (χ1) is 15.7. The molecule has 0 spiro atoms. The van der Waals surface area contributed by atoms with Gasteiger partial charge in [-0.2, -0.15) is 0 Å². The van der Waals surface area contributed by atoms with Crippen molar-refractivity contribution in [1.29, 1.82) is 0 Å². The molecule has 0 aliphatic heterocycles. The van der Waals surface area contributed by atoms with E-state index in [1.807, 2.05) is 0 Å². The van der Waals surface area contributed by atoms with Crippen molar-refractivity contribution in [1.82, 2.24) is 0 Å². The molecular weight excluding hydrogens is 396 g/mol. The monoisotopic (exact) mass is 454 g/mol. The topological polar surface area (TPSA) is 78.3 Å². The summed E-state index contributed by atoms with van der Waals surface area (Å²) in [5.41, 5.74) is 11.3. The van der Waals surface area contributed by atoms with E-state index in [2.05, 4.69) is 6.92 Å². The van der Waals surface area contributed by atoms with Crippen molar-refractivity contribution in [3.05, 3.63) is 0 Å². The third-order valence-corrected chi connectivity index (χ3v) is 6.51. The molecule has 0 aromatic carbocycles. The molecule has 0 aliphatic rings. The highest BCUT2D eigenvalue weighted by Gasteiger charge is 2.13. The van der Waals surface area contributed by atoms with Crippen LogP contribution < -0.4 is 11.5 Å².